The van der Waals surface area contributed by atoms with E-state index in [1.54, 1.807) is 12.4 Å². The minimum Gasteiger partial charge on any atom is -0.455 e. The highest BCUT2D eigenvalue weighted by atomic mass is 31.2. The van der Waals surface area contributed by atoms with Crippen molar-refractivity contribution in [2.75, 3.05) is 0 Å². The number of pyridine rings is 3. The number of hydrogen-bond acceptors (Lipinski definition) is 5. The van der Waals surface area contributed by atoms with Crippen LogP contribution in [0.1, 0.15) is 0 Å². The molecule has 0 amide bonds. The first-order valence-corrected chi connectivity index (χ1v) is 22.0. The van der Waals surface area contributed by atoms with Gasteiger partial charge in [-0.2, -0.15) is 0 Å². The molecule has 4 aromatic heterocycles. The van der Waals surface area contributed by atoms with Crippen molar-refractivity contribution in [2.45, 2.75) is 0 Å². The number of aromatic nitrogens is 3. The van der Waals surface area contributed by atoms with Gasteiger partial charge in [-0.1, -0.05) is 158 Å². The van der Waals surface area contributed by atoms with E-state index in [-0.39, 0.29) is 0 Å². The molecule has 0 atom stereocenters. The smallest absolute Gasteiger partial charge is 0.171 e. The van der Waals surface area contributed by atoms with Gasteiger partial charge >= 0.3 is 0 Å². The minimum atomic E-state index is -3.12. The Morgan fingerprint density at radius 1 is 0.377 bits per heavy atom. The first kappa shape index (κ1) is 36.4. The quantitative estimate of drug-likeness (QED) is 0.143. The monoisotopic (exact) mass is 801 g/mol. The summed E-state index contributed by atoms with van der Waals surface area (Å²) in [5.41, 5.74) is 11.3. The maximum Gasteiger partial charge on any atom is 0.171 e. The second-order valence-corrected chi connectivity index (χ2v) is 17.9. The largest absolute Gasteiger partial charge is 0.455 e. The Morgan fingerprint density at radius 2 is 0.902 bits per heavy atom. The Kier molecular flexibility index (Phi) is 9.03. The summed E-state index contributed by atoms with van der Waals surface area (Å²) >= 11 is 0. The van der Waals surface area contributed by atoms with Crippen LogP contribution < -0.4 is 15.9 Å². The first-order chi connectivity index (χ1) is 30.1. The Balaban J connectivity index is 1.02. The van der Waals surface area contributed by atoms with Crippen LogP contribution in [0.3, 0.4) is 0 Å². The zero-order chi connectivity index (χ0) is 40.8. The highest BCUT2D eigenvalue weighted by molar-refractivity contribution is 7.85. The van der Waals surface area contributed by atoms with E-state index in [0.717, 1.165) is 105 Å². The molecule has 5 nitrogen and oxygen atoms in total. The van der Waals surface area contributed by atoms with E-state index < -0.39 is 7.14 Å². The molecule has 0 aliphatic rings. The second-order valence-electron chi connectivity index (χ2n) is 15.1. The molecule has 0 aliphatic carbocycles. The molecule has 4 heterocycles. The maximum absolute atomic E-state index is 15.2. The molecule has 0 fully saturated rings. The van der Waals surface area contributed by atoms with E-state index in [1.807, 2.05) is 109 Å². The number of rotatable bonds is 8. The van der Waals surface area contributed by atoms with Gasteiger partial charge in [-0.25, -0.2) is 4.98 Å². The summed E-state index contributed by atoms with van der Waals surface area (Å²) < 4.78 is 21.9. The van der Waals surface area contributed by atoms with Gasteiger partial charge in [-0.15, -0.1) is 0 Å². The van der Waals surface area contributed by atoms with Gasteiger partial charge in [0.05, 0.1) is 22.8 Å². The summed E-state index contributed by atoms with van der Waals surface area (Å²) in [5.74, 6) is 0. The van der Waals surface area contributed by atoms with Crippen LogP contribution in [-0.4, -0.2) is 15.0 Å². The molecule has 11 aromatic rings. The molecule has 0 N–H and O–H groups in total. The van der Waals surface area contributed by atoms with Crippen molar-refractivity contribution in [3.05, 3.63) is 219 Å². The van der Waals surface area contributed by atoms with Gasteiger partial charge in [0, 0.05) is 44.5 Å². The lowest BCUT2D eigenvalue weighted by Crippen LogP contribution is -2.24. The number of benzene rings is 7. The lowest BCUT2D eigenvalue weighted by atomic mass is 9.93. The van der Waals surface area contributed by atoms with Gasteiger partial charge < -0.3 is 8.98 Å². The average molecular weight is 802 g/mol. The Labute approximate surface area is 353 Å². The molecular formula is C55H36N3O2P. The van der Waals surface area contributed by atoms with Crippen LogP contribution in [0.4, 0.5) is 0 Å². The van der Waals surface area contributed by atoms with Gasteiger partial charge in [0.15, 0.2) is 7.14 Å². The molecule has 0 saturated carbocycles. The molecule has 11 rings (SSSR count). The summed E-state index contributed by atoms with van der Waals surface area (Å²) in [6.45, 7) is 0. The van der Waals surface area contributed by atoms with Gasteiger partial charge in [-0.05, 0) is 87.3 Å². The van der Waals surface area contributed by atoms with E-state index in [1.165, 1.54) is 0 Å². The molecule has 0 spiro atoms. The fourth-order valence-electron chi connectivity index (χ4n) is 8.53. The van der Waals surface area contributed by atoms with Crippen LogP contribution in [0.25, 0.3) is 88.9 Å². The predicted octanol–water partition coefficient (Wildman–Crippen LogP) is 12.9. The standard InChI is InChI=1S/C55H36N3O2P/c59-61(41-14-3-1-4-15-41,42-16-5-2-6-17-42)43-30-28-39(29-31-43)47-36-48-54-44(20-13-23-53(54)60-55(48)46-19-8-7-18-45(46)47)38-26-24-37(25-27-38)40-34-51(49-21-9-11-32-56-49)58-52(35-40)50-22-10-12-33-57-50/h1-36H. The zero-order valence-corrected chi connectivity index (χ0v) is 33.8. The number of furan rings is 1. The van der Waals surface area contributed by atoms with Crippen molar-refractivity contribution in [3.63, 3.8) is 0 Å². The predicted molar refractivity (Wildman–Crippen MR) is 251 cm³/mol. The van der Waals surface area contributed by atoms with Crippen molar-refractivity contribution >= 4 is 55.8 Å². The summed E-state index contributed by atoms with van der Waals surface area (Å²) in [6, 6.07) is 69.5. The Morgan fingerprint density at radius 3 is 1.51 bits per heavy atom. The zero-order valence-electron chi connectivity index (χ0n) is 32.9. The molecule has 288 valence electrons. The van der Waals surface area contributed by atoms with Gasteiger partial charge in [-0.3, -0.25) is 9.97 Å². The highest BCUT2D eigenvalue weighted by Gasteiger charge is 2.29. The van der Waals surface area contributed by atoms with Crippen LogP contribution >= 0.6 is 7.14 Å². The van der Waals surface area contributed by atoms with E-state index in [4.69, 9.17) is 9.40 Å². The first-order valence-electron chi connectivity index (χ1n) is 20.3. The number of fused-ring (bicyclic) bond motifs is 5. The topological polar surface area (TPSA) is 68.9 Å². The van der Waals surface area contributed by atoms with Crippen molar-refractivity contribution in [2.24, 2.45) is 0 Å². The fourth-order valence-corrected chi connectivity index (χ4v) is 11.2. The number of nitrogens with zero attached hydrogens (tertiary/aromatic N) is 3. The summed E-state index contributed by atoms with van der Waals surface area (Å²) in [4.78, 5) is 14.2. The molecule has 7 aromatic carbocycles. The lowest BCUT2D eigenvalue weighted by Gasteiger charge is -2.20. The average Bonchev–Trinajstić information content (AvgIpc) is 3.74. The molecule has 61 heavy (non-hydrogen) atoms. The van der Waals surface area contributed by atoms with Gasteiger partial charge in [0.25, 0.3) is 0 Å². The molecule has 6 heteroatoms. The molecule has 0 radical (unpaired) electrons. The molecule has 0 bridgehead atoms. The second kappa shape index (κ2) is 15.1. The van der Waals surface area contributed by atoms with Crippen molar-refractivity contribution in [3.8, 4) is 56.2 Å². The third kappa shape index (κ3) is 6.44. The summed E-state index contributed by atoms with van der Waals surface area (Å²) in [5, 5.41) is 6.67. The molecule has 0 unspecified atom stereocenters. The van der Waals surface area contributed by atoms with Crippen LogP contribution in [-0.2, 0) is 4.57 Å². The number of hydrogen-bond donors (Lipinski definition) is 0. The fraction of sp³-hybridized carbons (Fsp3) is 0. The van der Waals surface area contributed by atoms with E-state index in [0.29, 0.717) is 0 Å². The van der Waals surface area contributed by atoms with E-state index in [9.17, 15) is 0 Å². The molecule has 0 aliphatic heterocycles. The van der Waals surface area contributed by atoms with Crippen LogP contribution in [0.15, 0.2) is 223 Å². The van der Waals surface area contributed by atoms with Gasteiger partial charge in [0.2, 0.25) is 0 Å². The maximum atomic E-state index is 15.2. The Hall–Kier alpha value is -7.72. The van der Waals surface area contributed by atoms with E-state index >= 15 is 4.57 Å². The summed E-state index contributed by atoms with van der Waals surface area (Å²) in [6.07, 6.45) is 3.58. The normalized spacial score (nSPS) is 11.7. The van der Waals surface area contributed by atoms with E-state index in [2.05, 4.69) is 107 Å². The third-order valence-electron chi connectivity index (χ3n) is 11.5. The van der Waals surface area contributed by atoms with Crippen molar-refractivity contribution < 1.29 is 8.98 Å². The SMILES string of the molecule is O=P(c1ccccc1)(c1ccccc1)c1ccc(-c2cc3c(oc4cccc(-c5ccc(-c6cc(-c7ccccn7)nc(-c7ccccn7)c6)cc5)c43)c3ccccc23)cc1. The molecule has 0 saturated heterocycles. The van der Waals surface area contributed by atoms with Crippen LogP contribution in [0.2, 0.25) is 0 Å². The molecular weight excluding hydrogens is 766 g/mol. The van der Waals surface area contributed by atoms with Crippen molar-refractivity contribution in [1.82, 2.24) is 15.0 Å². The minimum absolute atomic E-state index is 0.788. The lowest BCUT2D eigenvalue weighted by molar-refractivity contribution is 0.592. The van der Waals surface area contributed by atoms with Crippen LogP contribution in [0, 0.1) is 0 Å². The van der Waals surface area contributed by atoms with Crippen molar-refractivity contribution in [1.29, 1.82) is 0 Å². The summed E-state index contributed by atoms with van der Waals surface area (Å²) in [7, 11) is -3.12. The third-order valence-corrected chi connectivity index (χ3v) is 14.6. The van der Waals surface area contributed by atoms with Gasteiger partial charge in [0.1, 0.15) is 11.2 Å². The van der Waals surface area contributed by atoms with Crippen LogP contribution in [0.5, 0.6) is 0 Å². The highest BCUT2D eigenvalue weighted by Crippen LogP contribution is 2.45. The Bertz CT molecular complexity index is 3310.